The lowest BCUT2D eigenvalue weighted by atomic mass is 10.2. The van der Waals surface area contributed by atoms with Crippen LogP contribution in [0.2, 0.25) is 5.02 Å². The van der Waals surface area contributed by atoms with E-state index < -0.39 is 24.0 Å². The third-order valence-corrected chi connectivity index (χ3v) is 3.97. The highest BCUT2D eigenvalue weighted by Gasteiger charge is 2.39. The molecule has 92 valence electrons. The average Bonchev–Trinajstić information content (AvgIpc) is 2.83. The van der Waals surface area contributed by atoms with E-state index in [1.807, 2.05) is 0 Å². The van der Waals surface area contributed by atoms with Gasteiger partial charge in [0.25, 0.3) is 5.91 Å². The van der Waals surface area contributed by atoms with Crippen molar-refractivity contribution in [3.8, 4) is 0 Å². The van der Waals surface area contributed by atoms with E-state index in [-0.39, 0.29) is 13.0 Å². The molecule has 1 aromatic heterocycles. The van der Waals surface area contributed by atoms with Crippen molar-refractivity contribution in [1.29, 1.82) is 0 Å². The number of aliphatic hydroxyl groups excluding tert-OH is 1. The van der Waals surface area contributed by atoms with Crippen LogP contribution in [0.15, 0.2) is 11.4 Å². The molecule has 1 aliphatic heterocycles. The second-order valence-electron chi connectivity index (χ2n) is 3.80. The topological polar surface area (TPSA) is 77.8 Å². The number of hydrogen-bond donors (Lipinski definition) is 2. The van der Waals surface area contributed by atoms with Gasteiger partial charge in [-0.25, -0.2) is 4.79 Å². The molecule has 0 bridgehead atoms. The second-order valence-corrected chi connectivity index (χ2v) is 5.12. The third kappa shape index (κ3) is 2.29. The summed E-state index contributed by atoms with van der Waals surface area (Å²) in [6, 6.07) is 0.609. The predicted molar refractivity (Wildman–Crippen MR) is 62.4 cm³/mol. The molecular formula is C10H10ClNO4S. The van der Waals surface area contributed by atoms with E-state index in [1.165, 1.54) is 0 Å². The molecule has 2 N–H and O–H groups in total. The number of rotatable bonds is 2. The van der Waals surface area contributed by atoms with Crippen LogP contribution in [0.5, 0.6) is 0 Å². The molecule has 1 saturated heterocycles. The maximum absolute atomic E-state index is 12.1. The highest BCUT2D eigenvalue weighted by molar-refractivity contribution is 7.12. The number of nitrogens with zero attached hydrogens (tertiary/aromatic N) is 1. The highest BCUT2D eigenvalue weighted by Crippen LogP contribution is 2.27. The first-order chi connectivity index (χ1) is 8.00. The Hall–Kier alpha value is -1.11. The zero-order valence-corrected chi connectivity index (χ0v) is 10.2. The lowest BCUT2D eigenvalue weighted by Crippen LogP contribution is -2.40. The fourth-order valence-electron chi connectivity index (χ4n) is 1.85. The minimum absolute atomic E-state index is 0.0318. The molecule has 0 aliphatic carbocycles. The number of carbonyl (C=O) groups is 2. The fraction of sp³-hybridized carbons (Fsp3) is 0.400. The summed E-state index contributed by atoms with van der Waals surface area (Å²) in [5.74, 6) is -1.54. The summed E-state index contributed by atoms with van der Waals surface area (Å²) >= 11 is 6.99. The summed E-state index contributed by atoms with van der Waals surface area (Å²) in [5, 5.41) is 20.4. The Morgan fingerprint density at radius 3 is 2.76 bits per heavy atom. The van der Waals surface area contributed by atoms with Crippen LogP contribution in [0.3, 0.4) is 0 Å². The molecule has 0 saturated carbocycles. The number of hydrogen-bond acceptors (Lipinski definition) is 4. The number of carboxylic acids is 1. The van der Waals surface area contributed by atoms with Gasteiger partial charge in [0, 0.05) is 13.0 Å². The molecule has 2 heterocycles. The Labute approximate surface area is 106 Å². The summed E-state index contributed by atoms with van der Waals surface area (Å²) in [6.45, 7) is 0.0318. The largest absolute Gasteiger partial charge is 0.480 e. The number of β-amino-alcohol motifs (C(OH)–C–C–N with tert-alkyl or cyclic N) is 1. The van der Waals surface area contributed by atoms with E-state index in [4.69, 9.17) is 16.7 Å². The zero-order valence-electron chi connectivity index (χ0n) is 8.67. The van der Waals surface area contributed by atoms with Crippen molar-refractivity contribution in [2.75, 3.05) is 6.54 Å². The van der Waals surface area contributed by atoms with Gasteiger partial charge in [-0.05, 0) is 11.4 Å². The van der Waals surface area contributed by atoms with Crippen LogP contribution in [0, 0.1) is 0 Å². The highest BCUT2D eigenvalue weighted by atomic mass is 35.5. The van der Waals surface area contributed by atoms with Gasteiger partial charge in [0.05, 0.1) is 11.1 Å². The number of carbonyl (C=O) groups excluding carboxylic acids is 1. The maximum atomic E-state index is 12.1. The molecule has 0 radical (unpaired) electrons. The van der Waals surface area contributed by atoms with Gasteiger partial charge >= 0.3 is 5.97 Å². The molecular weight excluding hydrogens is 266 g/mol. The van der Waals surface area contributed by atoms with E-state index in [2.05, 4.69) is 0 Å². The molecule has 2 atom stereocenters. The van der Waals surface area contributed by atoms with E-state index in [9.17, 15) is 14.7 Å². The fourth-order valence-corrected chi connectivity index (χ4v) is 2.94. The van der Waals surface area contributed by atoms with Gasteiger partial charge in [0.2, 0.25) is 0 Å². The molecule has 1 aliphatic rings. The minimum Gasteiger partial charge on any atom is -0.480 e. The van der Waals surface area contributed by atoms with Gasteiger partial charge in [-0.2, -0.15) is 0 Å². The Morgan fingerprint density at radius 1 is 1.53 bits per heavy atom. The number of amides is 1. The smallest absolute Gasteiger partial charge is 0.326 e. The SMILES string of the molecule is O=C(O)[C@@H]1CC(O)CN1C(=O)c1sccc1Cl. The summed E-state index contributed by atoms with van der Waals surface area (Å²) in [5.41, 5.74) is 0. The molecule has 2 rings (SSSR count). The Balaban J connectivity index is 2.25. The van der Waals surface area contributed by atoms with E-state index in [1.54, 1.807) is 11.4 Å². The van der Waals surface area contributed by atoms with Crippen molar-refractivity contribution in [3.05, 3.63) is 21.3 Å². The molecule has 0 aromatic carbocycles. The third-order valence-electron chi connectivity index (χ3n) is 2.64. The van der Waals surface area contributed by atoms with Crippen LogP contribution in [-0.4, -0.2) is 45.7 Å². The van der Waals surface area contributed by atoms with Crippen molar-refractivity contribution in [2.24, 2.45) is 0 Å². The van der Waals surface area contributed by atoms with Crippen molar-refractivity contribution in [1.82, 2.24) is 4.90 Å². The van der Waals surface area contributed by atoms with E-state index >= 15 is 0 Å². The van der Waals surface area contributed by atoms with E-state index in [0.717, 1.165) is 16.2 Å². The van der Waals surface area contributed by atoms with Gasteiger partial charge in [0.1, 0.15) is 10.9 Å². The van der Waals surface area contributed by atoms with Crippen molar-refractivity contribution in [2.45, 2.75) is 18.6 Å². The molecule has 1 aromatic rings. The van der Waals surface area contributed by atoms with Gasteiger partial charge in [-0.1, -0.05) is 11.6 Å². The first kappa shape index (κ1) is 12.3. The van der Waals surface area contributed by atoms with Crippen LogP contribution in [0.25, 0.3) is 0 Å². The Kier molecular flexibility index (Phi) is 3.37. The zero-order chi connectivity index (χ0) is 12.6. The lowest BCUT2D eigenvalue weighted by molar-refractivity contribution is -0.141. The van der Waals surface area contributed by atoms with Gasteiger partial charge < -0.3 is 15.1 Å². The molecule has 5 nitrogen and oxygen atoms in total. The summed E-state index contributed by atoms with van der Waals surface area (Å²) in [6.07, 6.45) is -0.733. The van der Waals surface area contributed by atoms with Crippen molar-refractivity contribution < 1.29 is 19.8 Å². The predicted octanol–water partition coefficient (Wildman–Crippen LogP) is 1.06. The molecule has 1 amide bonds. The first-order valence-electron chi connectivity index (χ1n) is 4.95. The lowest BCUT2D eigenvalue weighted by Gasteiger charge is -2.20. The molecule has 1 unspecified atom stereocenters. The summed E-state index contributed by atoms with van der Waals surface area (Å²) in [7, 11) is 0. The number of carboxylic acid groups (broad SMARTS) is 1. The van der Waals surface area contributed by atoms with Gasteiger partial charge in [-0.3, -0.25) is 4.79 Å². The number of aliphatic hydroxyl groups is 1. The van der Waals surface area contributed by atoms with Crippen molar-refractivity contribution >= 4 is 34.8 Å². The van der Waals surface area contributed by atoms with Crippen molar-refractivity contribution in [3.63, 3.8) is 0 Å². The molecule has 17 heavy (non-hydrogen) atoms. The quantitative estimate of drug-likeness (QED) is 0.846. The van der Waals surface area contributed by atoms with E-state index in [0.29, 0.717) is 9.90 Å². The number of likely N-dealkylation sites (tertiary alicyclic amines) is 1. The second kappa shape index (κ2) is 4.64. The Morgan fingerprint density at radius 2 is 2.24 bits per heavy atom. The number of halogens is 1. The standard InChI is InChI=1S/C10H10ClNO4S/c11-6-1-2-17-8(6)9(14)12-4-5(13)3-7(12)10(15)16/h1-2,5,7,13H,3-4H2,(H,15,16)/t5?,7-/m0/s1. The van der Waals surface area contributed by atoms with Crippen LogP contribution >= 0.6 is 22.9 Å². The normalized spacial score (nSPS) is 24.0. The van der Waals surface area contributed by atoms with Gasteiger partial charge in [-0.15, -0.1) is 11.3 Å². The van der Waals surface area contributed by atoms with Crippen LogP contribution in [0.4, 0.5) is 0 Å². The average molecular weight is 276 g/mol. The van der Waals surface area contributed by atoms with Crippen LogP contribution < -0.4 is 0 Å². The first-order valence-corrected chi connectivity index (χ1v) is 6.21. The Bertz CT molecular complexity index is 461. The summed E-state index contributed by atoms with van der Waals surface area (Å²) in [4.78, 5) is 24.5. The minimum atomic E-state index is -1.11. The number of aliphatic carboxylic acids is 1. The van der Waals surface area contributed by atoms with Gasteiger partial charge in [0.15, 0.2) is 0 Å². The molecule has 7 heteroatoms. The number of thiophene rings is 1. The van der Waals surface area contributed by atoms with Crippen LogP contribution in [0.1, 0.15) is 16.1 Å². The summed E-state index contributed by atoms with van der Waals surface area (Å²) < 4.78 is 0. The molecule has 0 spiro atoms. The monoisotopic (exact) mass is 275 g/mol. The maximum Gasteiger partial charge on any atom is 0.326 e. The van der Waals surface area contributed by atoms with Crippen LogP contribution in [-0.2, 0) is 4.79 Å². The molecule has 1 fully saturated rings.